The number of fused-ring (bicyclic) bond motifs is 2. The molecule has 2 aromatic carbocycles. The Balaban J connectivity index is 1.58. The van der Waals surface area contributed by atoms with Crippen molar-refractivity contribution in [1.29, 1.82) is 0 Å². The molecule has 9 heteroatoms. The number of thiophene rings is 1. The molecule has 0 fully saturated rings. The molecule has 0 unspecified atom stereocenters. The van der Waals surface area contributed by atoms with Gasteiger partial charge in [0.15, 0.2) is 0 Å². The molecular formula is C21H14N4O2S3. The molecule has 1 amide bonds. The Bertz CT molecular complexity index is 1370. The highest BCUT2D eigenvalue weighted by atomic mass is 32.1. The lowest BCUT2D eigenvalue weighted by atomic mass is 10.2. The van der Waals surface area contributed by atoms with Gasteiger partial charge in [0.2, 0.25) is 5.13 Å². The third-order valence-corrected chi connectivity index (χ3v) is 6.97. The first kappa shape index (κ1) is 18.9. The number of aromatic nitrogens is 2. The van der Waals surface area contributed by atoms with Gasteiger partial charge in [0, 0.05) is 10.4 Å². The van der Waals surface area contributed by atoms with Crippen molar-refractivity contribution >= 4 is 71.7 Å². The molecule has 0 atom stereocenters. The van der Waals surface area contributed by atoms with E-state index in [2.05, 4.69) is 15.1 Å². The number of amides is 1. The van der Waals surface area contributed by atoms with E-state index in [9.17, 15) is 4.79 Å². The zero-order valence-electron chi connectivity index (χ0n) is 15.7. The summed E-state index contributed by atoms with van der Waals surface area (Å²) in [5, 5.41) is 8.32. The van der Waals surface area contributed by atoms with Gasteiger partial charge in [-0.25, -0.2) is 9.97 Å². The highest BCUT2D eigenvalue weighted by Crippen LogP contribution is 2.33. The second-order valence-corrected chi connectivity index (χ2v) is 9.12. The zero-order chi connectivity index (χ0) is 20.5. The number of hydrazone groups is 1. The predicted octanol–water partition coefficient (Wildman–Crippen LogP) is 5.66. The van der Waals surface area contributed by atoms with Crippen LogP contribution in [0.15, 0.2) is 64.5 Å². The Morgan fingerprint density at radius 2 is 2.00 bits per heavy atom. The Kier molecular flexibility index (Phi) is 4.99. The minimum Gasteiger partial charge on any atom is -0.497 e. The molecule has 0 N–H and O–H groups in total. The summed E-state index contributed by atoms with van der Waals surface area (Å²) in [5.74, 6) is 0.498. The molecule has 148 valence electrons. The minimum atomic E-state index is -0.246. The van der Waals surface area contributed by atoms with E-state index in [1.807, 2.05) is 47.8 Å². The topological polar surface area (TPSA) is 67.7 Å². The summed E-state index contributed by atoms with van der Waals surface area (Å²) in [7, 11) is 1.62. The molecule has 3 aromatic heterocycles. The summed E-state index contributed by atoms with van der Waals surface area (Å²) < 4.78 is 7.18. The lowest BCUT2D eigenvalue weighted by molar-refractivity contribution is 0.0988. The maximum absolute atomic E-state index is 13.4. The van der Waals surface area contributed by atoms with Crippen LogP contribution in [-0.2, 0) is 0 Å². The molecule has 5 aromatic rings. The molecule has 0 aliphatic rings. The van der Waals surface area contributed by atoms with E-state index in [-0.39, 0.29) is 5.91 Å². The van der Waals surface area contributed by atoms with Crippen molar-refractivity contribution in [1.82, 2.24) is 9.97 Å². The van der Waals surface area contributed by atoms with Crippen molar-refractivity contribution in [2.75, 3.05) is 12.1 Å². The number of thiazole rings is 2. The van der Waals surface area contributed by atoms with Crippen LogP contribution in [-0.4, -0.2) is 29.2 Å². The smallest absolute Gasteiger partial charge is 0.280 e. The molecule has 0 aliphatic carbocycles. The second-order valence-electron chi connectivity index (χ2n) is 6.24. The van der Waals surface area contributed by atoms with Gasteiger partial charge in [0.25, 0.3) is 5.91 Å². The van der Waals surface area contributed by atoms with Gasteiger partial charge in [-0.1, -0.05) is 17.4 Å². The largest absolute Gasteiger partial charge is 0.497 e. The fourth-order valence-electron chi connectivity index (χ4n) is 2.89. The Morgan fingerprint density at radius 1 is 1.10 bits per heavy atom. The molecule has 0 radical (unpaired) electrons. The van der Waals surface area contributed by atoms with Crippen LogP contribution in [0.25, 0.3) is 20.4 Å². The van der Waals surface area contributed by atoms with Crippen molar-refractivity contribution in [2.45, 2.75) is 0 Å². The number of ether oxygens (including phenoxy) is 1. The Labute approximate surface area is 183 Å². The average molecular weight is 451 g/mol. The van der Waals surface area contributed by atoms with Gasteiger partial charge in [-0.15, -0.1) is 22.7 Å². The van der Waals surface area contributed by atoms with E-state index < -0.39 is 0 Å². The number of methoxy groups -OCH3 is 1. The second kappa shape index (κ2) is 7.94. The third-order valence-electron chi connectivity index (χ3n) is 4.38. The maximum Gasteiger partial charge on any atom is 0.280 e. The van der Waals surface area contributed by atoms with E-state index in [0.717, 1.165) is 31.1 Å². The molecule has 6 nitrogen and oxygen atoms in total. The fourth-order valence-corrected chi connectivity index (χ4v) is 5.14. The molecule has 0 spiro atoms. The number of rotatable bonds is 5. The van der Waals surface area contributed by atoms with Crippen molar-refractivity contribution < 1.29 is 9.53 Å². The van der Waals surface area contributed by atoms with E-state index >= 15 is 0 Å². The van der Waals surface area contributed by atoms with Gasteiger partial charge < -0.3 is 4.74 Å². The average Bonchev–Trinajstić information content (AvgIpc) is 3.52. The number of benzene rings is 2. The van der Waals surface area contributed by atoms with Gasteiger partial charge in [-0.2, -0.15) is 10.1 Å². The standard InChI is InChI=1S/C21H14N4O2S3/c1-27-14-5-7-17-19(10-14)30-21(24-17)25(23-11-15-3-2-8-28-15)20(26)13-4-6-16-18(9-13)29-12-22-16/h2-12H,1H3/b23-11+. The first-order valence-corrected chi connectivity index (χ1v) is 11.5. The van der Waals surface area contributed by atoms with Crippen LogP contribution in [0.4, 0.5) is 5.13 Å². The highest BCUT2D eigenvalue weighted by Gasteiger charge is 2.22. The lowest BCUT2D eigenvalue weighted by Gasteiger charge is -2.13. The van der Waals surface area contributed by atoms with Gasteiger partial charge >= 0.3 is 0 Å². The van der Waals surface area contributed by atoms with Crippen LogP contribution in [0.5, 0.6) is 5.75 Å². The van der Waals surface area contributed by atoms with Crippen LogP contribution >= 0.6 is 34.0 Å². The molecule has 0 saturated heterocycles. The van der Waals surface area contributed by atoms with Gasteiger partial charge in [-0.05, 0) is 47.8 Å². The zero-order valence-corrected chi connectivity index (χ0v) is 18.1. The summed E-state index contributed by atoms with van der Waals surface area (Å²) in [6.07, 6.45) is 1.68. The SMILES string of the molecule is COc1ccc2nc(N(/N=C/c3cccs3)C(=O)c3ccc4ncsc4c3)sc2c1. The molecule has 5 rings (SSSR count). The summed E-state index contributed by atoms with van der Waals surface area (Å²) in [6, 6.07) is 15.0. The van der Waals surface area contributed by atoms with E-state index in [1.165, 1.54) is 27.7 Å². The number of hydrogen-bond donors (Lipinski definition) is 0. The first-order valence-electron chi connectivity index (χ1n) is 8.91. The van der Waals surface area contributed by atoms with Crippen LogP contribution in [0.1, 0.15) is 15.2 Å². The first-order chi connectivity index (χ1) is 14.7. The lowest BCUT2D eigenvalue weighted by Crippen LogP contribution is -2.25. The highest BCUT2D eigenvalue weighted by molar-refractivity contribution is 7.22. The van der Waals surface area contributed by atoms with E-state index in [0.29, 0.717) is 10.7 Å². The van der Waals surface area contributed by atoms with Gasteiger partial charge in [0.1, 0.15) is 5.75 Å². The number of carbonyl (C=O) groups excluding carboxylic acids is 1. The minimum absolute atomic E-state index is 0.246. The predicted molar refractivity (Wildman–Crippen MR) is 125 cm³/mol. The van der Waals surface area contributed by atoms with Crippen LogP contribution in [0, 0.1) is 0 Å². The molecule has 0 saturated carbocycles. The fraction of sp³-hybridized carbons (Fsp3) is 0.0476. The number of hydrogen-bond acceptors (Lipinski definition) is 8. The molecule has 0 bridgehead atoms. The third kappa shape index (κ3) is 3.58. The van der Waals surface area contributed by atoms with Crippen molar-refractivity contribution in [3.05, 3.63) is 69.9 Å². The summed E-state index contributed by atoms with van der Waals surface area (Å²) in [5.41, 5.74) is 3.97. The van der Waals surface area contributed by atoms with E-state index in [1.54, 1.807) is 36.2 Å². The van der Waals surface area contributed by atoms with Crippen LogP contribution in [0.3, 0.4) is 0 Å². The summed E-state index contributed by atoms with van der Waals surface area (Å²) in [4.78, 5) is 23.3. The van der Waals surface area contributed by atoms with Crippen molar-refractivity contribution in [3.63, 3.8) is 0 Å². The molecular weight excluding hydrogens is 436 g/mol. The molecule has 30 heavy (non-hydrogen) atoms. The monoisotopic (exact) mass is 450 g/mol. The van der Waals surface area contributed by atoms with Crippen LogP contribution < -0.4 is 9.75 Å². The Hall–Kier alpha value is -3.14. The van der Waals surface area contributed by atoms with Crippen molar-refractivity contribution in [3.8, 4) is 5.75 Å². The van der Waals surface area contributed by atoms with E-state index in [4.69, 9.17) is 4.74 Å². The van der Waals surface area contributed by atoms with Gasteiger partial charge in [0.05, 0.1) is 39.3 Å². The molecule has 0 aliphatic heterocycles. The number of anilines is 1. The van der Waals surface area contributed by atoms with Crippen molar-refractivity contribution in [2.24, 2.45) is 5.10 Å². The number of nitrogens with zero attached hydrogens (tertiary/aromatic N) is 4. The summed E-state index contributed by atoms with van der Waals surface area (Å²) in [6.45, 7) is 0. The normalized spacial score (nSPS) is 11.5. The maximum atomic E-state index is 13.4. The Morgan fingerprint density at radius 3 is 2.83 bits per heavy atom. The molecule has 3 heterocycles. The number of carbonyl (C=O) groups is 1. The summed E-state index contributed by atoms with van der Waals surface area (Å²) >= 11 is 4.45. The van der Waals surface area contributed by atoms with Crippen LogP contribution in [0.2, 0.25) is 0 Å². The van der Waals surface area contributed by atoms with Gasteiger partial charge in [-0.3, -0.25) is 4.79 Å². The quantitative estimate of drug-likeness (QED) is 0.256.